The van der Waals surface area contributed by atoms with Gasteiger partial charge in [-0.25, -0.2) is 14.6 Å². The summed E-state index contributed by atoms with van der Waals surface area (Å²) >= 11 is 0. The van der Waals surface area contributed by atoms with Crippen molar-refractivity contribution in [2.75, 3.05) is 20.8 Å². The van der Waals surface area contributed by atoms with Crippen molar-refractivity contribution in [3.8, 4) is 5.75 Å². The molecule has 0 radical (unpaired) electrons. The maximum absolute atomic E-state index is 13.5. The summed E-state index contributed by atoms with van der Waals surface area (Å²) in [6.07, 6.45) is 2.61. The lowest BCUT2D eigenvalue weighted by Gasteiger charge is -2.36. The SMILES string of the molecule is COC(=O)[C@H](Cc1ccccc1)NC(=O)N1CCc2[nH]cnc2[C@H]1c1ccccc1OC. The zero-order chi connectivity index (χ0) is 22.5. The van der Waals surface area contributed by atoms with Crippen LogP contribution >= 0.6 is 0 Å². The Morgan fingerprint density at radius 3 is 2.66 bits per heavy atom. The summed E-state index contributed by atoms with van der Waals surface area (Å²) in [7, 11) is 2.92. The van der Waals surface area contributed by atoms with Gasteiger partial charge in [0.25, 0.3) is 0 Å². The van der Waals surface area contributed by atoms with Crippen molar-refractivity contribution in [3.05, 3.63) is 83.4 Å². The first-order chi connectivity index (χ1) is 15.6. The highest BCUT2D eigenvalue weighted by molar-refractivity contribution is 5.84. The lowest BCUT2D eigenvalue weighted by atomic mass is 9.95. The number of carbonyl (C=O) groups is 2. The van der Waals surface area contributed by atoms with Gasteiger partial charge < -0.3 is 24.7 Å². The number of imidazole rings is 1. The number of rotatable bonds is 6. The monoisotopic (exact) mass is 434 g/mol. The van der Waals surface area contributed by atoms with Crippen LogP contribution in [0.25, 0.3) is 0 Å². The van der Waals surface area contributed by atoms with Gasteiger partial charge >= 0.3 is 12.0 Å². The first kappa shape index (κ1) is 21.4. The third-order valence-corrected chi connectivity index (χ3v) is 5.69. The van der Waals surface area contributed by atoms with Gasteiger partial charge in [-0.15, -0.1) is 0 Å². The number of benzene rings is 2. The summed E-state index contributed by atoms with van der Waals surface area (Å²) in [5, 5.41) is 2.88. The molecule has 1 aromatic heterocycles. The van der Waals surface area contributed by atoms with E-state index >= 15 is 0 Å². The number of hydrogen-bond acceptors (Lipinski definition) is 5. The molecule has 4 rings (SSSR count). The lowest BCUT2D eigenvalue weighted by molar-refractivity contribution is -0.142. The molecule has 2 N–H and O–H groups in total. The summed E-state index contributed by atoms with van der Waals surface area (Å²) in [6.45, 7) is 0.461. The number of fused-ring (bicyclic) bond motifs is 1. The van der Waals surface area contributed by atoms with Crippen LogP contribution in [-0.4, -0.2) is 53.7 Å². The van der Waals surface area contributed by atoms with E-state index in [-0.39, 0.29) is 6.03 Å². The maximum atomic E-state index is 13.5. The van der Waals surface area contributed by atoms with E-state index in [1.165, 1.54) is 7.11 Å². The summed E-state index contributed by atoms with van der Waals surface area (Å²) in [5.41, 5.74) is 3.51. The van der Waals surface area contributed by atoms with E-state index in [1.54, 1.807) is 18.3 Å². The van der Waals surface area contributed by atoms with Crippen LogP contribution in [0.15, 0.2) is 60.9 Å². The second kappa shape index (κ2) is 9.55. The minimum absolute atomic E-state index is 0.333. The van der Waals surface area contributed by atoms with Crippen molar-refractivity contribution < 1.29 is 19.1 Å². The molecule has 2 aromatic carbocycles. The number of amides is 2. The summed E-state index contributed by atoms with van der Waals surface area (Å²) in [4.78, 5) is 35.3. The molecule has 32 heavy (non-hydrogen) atoms. The van der Waals surface area contributed by atoms with Crippen LogP contribution in [0.4, 0.5) is 4.79 Å². The number of para-hydroxylation sites is 1. The van der Waals surface area contributed by atoms with Crippen LogP contribution in [0.2, 0.25) is 0 Å². The van der Waals surface area contributed by atoms with Crippen molar-refractivity contribution in [1.29, 1.82) is 0 Å². The smallest absolute Gasteiger partial charge is 0.328 e. The van der Waals surface area contributed by atoms with Crippen molar-refractivity contribution in [2.45, 2.75) is 24.9 Å². The zero-order valence-electron chi connectivity index (χ0n) is 18.1. The molecule has 2 heterocycles. The van der Waals surface area contributed by atoms with Crippen LogP contribution in [-0.2, 0) is 22.4 Å². The second-order valence-corrected chi connectivity index (χ2v) is 7.57. The standard InChI is InChI=1S/C24H26N4O4/c1-31-20-11-7-6-10-17(20)22-21-18(25-15-26-21)12-13-28(22)24(30)27-19(23(29)32-2)14-16-8-4-3-5-9-16/h3-11,15,19,22H,12-14H2,1-2H3,(H,25,26)(H,27,30)/t19-,22+/m0/s1. The van der Waals surface area contributed by atoms with Crippen LogP contribution in [0.1, 0.15) is 28.6 Å². The molecule has 0 fully saturated rings. The van der Waals surface area contributed by atoms with E-state index in [0.29, 0.717) is 25.1 Å². The number of hydrogen-bond donors (Lipinski definition) is 2. The highest BCUT2D eigenvalue weighted by atomic mass is 16.5. The topological polar surface area (TPSA) is 96.6 Å². The van der Waals surface area contributed by atoms with E-state index in [2.05, 4.69) is 15.3 Å². The summed E-state index contributed by atoms with van der Waals surface area (Å²) in [6, 6.07) is 15.5. The Hall–Kier alpha value is -3.81. The normalized spacial score (nSPS) is 16.1. The fraction of sp³-hybridized carbons (Fsp3) is 0.292. The molecule has 1 aliphatic heterocycles. The minimum Gasteiger partial charge on any atom is -0.496 e. The molecular weight excluding hydrogens is 408 g/mol. The molecule has 8 nitrogen and oxygen atoms in total. The third kappa shape index (κ3) is 4.30. The molecule has 1 aliphatic rings. The molecule has 0 unspecified atom stereocenters. The average molecular weight is 434 g/mol. The van der Waals surface area contributed by atoms with Crippen LogP contribution in [0.3, 0.4) is 0 Å². The number of ether oxygens (including phenoxy) is 2. The maximum Gasteiger partial charge on any atom is 0.328 e. The highest BCUT2D eigenvalue weighted by Crippen LogP contribution is 2.37. The Labute approximate surface area is 186 Å². The summed E-state index contributed by atoms with van der Waals surface area (Å²) in [5.74, 6) is 0.175. The molecule has 0 spiro atoms. The Kier molecular flexibility index (Phi) is 6.39. The van der Waals surface area contributed by atoms with Crippen LogP contribution in [0, 0.1) is 0 Å². The molecule has 166 valence electrons. The number of methoxy groups -OCH3 is 2. The first-order valence-corrected chi connectivity index (χ1v) is 10.5. The minimum atomic E-state index is -0.811. The molecule has 3 aromatic rings. The average Bonchev–Trinajstić information content (AvgIpc) is 3.32. The van der Waals surface area contributed by atoms with E-state index in [1.807, 2.05) is 54.6 Å². The lowest BCUT2D eigenvalue weighted by Crippen LogP contribution is -2.52. The number of nitrogens with zero attached hydrogens (tertiary/aromatic N) is 2. The molecular formula is C24H26N4O4. The number of carbonyl (C=O) groups excluding carboxylic acids is 2. The molecule has 0 saturated heterocycles. The Balaban J connectivity index is 1.64. The number of nitrogens with one attached hydrogen (secondary N) is 2. The summed E-state index contributed by atoms with van der Waals surface area (Å²) < 4.78 is 10.5. The van der Waals surface area contributed by atoms with Crippen LogP contribution in [0.5, 0.6) is 5.75 Å². The fourth-order valence-electron chi connectivity index (χ4n) is 4.12. The van der Waals surface area contributed by atoms with E-state index in [0.717, 1.165) is 22.5 Å². The zero-order valence-corrected chi connectivity index (χ0v) is 18.1. The predicted molar refractivity (Wildman–Crippen MR) is 118 cm³/mol. The number of aromatic amines is 1. The van der Waals surface area contributed by atoms with Gasteiger partial charge in [-0.3, -0.25) is 0 Å². The molecule has 8 heteroatoms. The quantitative estimate of drug-likeness (QED) is 0.582. The van der Waals surface area contributed by atoms with Gasteiger partial charge in [-0.1, -0.05) is 48.5 Å². The van der Waals surface area contributed by atoms with Gasteiger partial charge in [-0.05, 0) is 11.6 Å². The van der Waals surface area contributed by atoms with Gasteiger partial charge in [0.1, 0.15) is 17.8 Å². The number of aromatic nitrogens is 2. The first-order valence-electron chi connectivity index (χ1n) is 10.5. The fourth-order valence-corrected chi connectivity index (χ4v) is 4.12. The second-order valence-electron chi connectivity index (χ2n) is 7.57. The Morgan fingerprint density at radius 2 is 1.91 bits per heavy atom. The van der Waals surface area contributed by atoms with E-state index in [9.17, 15) is 9.59 Å². The molecule has 0 saturated carbocycles. The van der Waals surface area contributed by atoms with Gasteiger partial charge in [0.15, 0.2) is 0 Å². The predicted octanol–water partition coefficient (Wildman–Crippen LogP) is 2.86. The molecule has 2 amide bonds. The van der Waals surface area contributed by atoms with Crippen molar-refractivity contribution in [3.63, 3.8) is 0 Å². The highest BCUT2D eigenvalue weighted by Gasteiger charge is 2.37. The third-order valence-electron chi connectivity index (χ3n) is 5.69. The van der Waals surface area contributed by atoms with Crippen molar-refractivity contribution in [2.24, 2.45) is 0 Å². The van der Waals surface area contributed by atoms with Crippen molar-refractivity contribution >= 4 is 12.0 Å². The number of urea groups is 1. The van der Waals surface area contributed by atoms with Gasteiger partial charge in [0.2, 0.25) is 0 Å². The number of esters is 1. The molecule has 0 bridgehead atoms. The van der Waals surface area contributed by atoms with E-state index in [4.69, 9.17) is 9.47 Å². The van der Waals surface area contributed by atoms with Gasteiger partial charge in [0.05, 0.1) is 26.2 Å². The van der Waals surface area contributed by atoms with Gasteiger partial charge in [-0.2, -0.15) is 0 Å². The Bertz CT molecular complexity index is 1080. The van der Waals surface area contributed by atoms with Crippen molar-refractivity contribution in [1.82, 2.24) is 20.2 Å². The largest absolute Gasteiger partial charge is 0.496 e. The number of H-pyrrole nitrogens is 1. The Morgan fingerprint density at radius 1 is 1.16 bits per heavy atom. The van der Waals surface area contributed by atoms with Crippen LogP contribution < -0.4 is 10.1 Å². The van der Waals surface area contributed by atoms with Gasteiger partial charge in [0, 0.05) is 30.6 Å². The van der Waals surface area contributed by atoms with E-state index < -0.39 is 18.1 Å². The molecule has 2 atom stereocenters. The molecule has 0 aliphatic carbocycles.